The Balaban J connectivity index is 0.00000450. The van der Waals surface area contributed by atoms with E-state index in [2.05, 4.69) is 48.5 Å². The van der Waals surface area contributed by atoms with Crippen molar-refractivity contribution < 1.29 is 8.95 Å². The highest BCUT2D eigenvalue weighted by atomic mass is 127. The maximum atomic E-state index is 12.3. The molecule has 0 fully saturated rings. The van der Waals surface area contributed by atoms with Crippen LogP contribution in [0.1, 0.15) is 37.9 Å². The van der Waals surface area contributed by atoms with Gasteiger partial charge in [-0.1, -0.05) is 56.3 Å². The number of aliphatic imine (C=N–C) groups is 1. The molecule has 0 saturated carbocycles. The number of ether oxygens (including phenoxy) is 1. The van der Waals surface area contributed by atoms with Crippen molar-refractivity contribution in [2.24, 2.45) is 10.9 Å². The van der Waals surface area contributed by atoms with Gasteiger partial charge in [-0.15, -0.1) is 24.0 Å². The third-order valence-electron chi connectivity index (χ3n) is 4.33. The molecule has 166 valence electrons. The van der Waals surface area contributed by atoms with E-state index in [0.717, 1.165) is 23.5 Å². The molecule has 0 aliphatic heterocycles. The van der Waals surface area contributed by atoms with Gasteiger partial charge in [-0.2, -0.15) is 0 Å². The predicted molar refractivity (Wildman–Crippen MR) is 138 cm³/mol. The Morgan fingerprint density at radius 1 is 1.07 bits per heavy atom. The molecular formula is C23H34IN3O2S. The standard InChI is InChI=1S/C23H33N3O2S.HI/c1-18(2)16-28-22-12-10-21(11-13-22)19(3)26-23(24-4)25-14-15-29(27)17-20-8-6-5-7-9-20;/h5-13,18-19H,14-17H2,1-4H3,(H2,24,25,26);1H. The number of hydrogen-bond donors (Lipinski definition) is 2. The number of nitrogens with zero attached hydrogens (tertiary/aromatic N) is 1. The van der Waals surface area contributed by atoms with Gasteiger partial charge in [0.05, 0.1) is 12.6 Å². The smallest absolute Gasteiger partial charge is 0.191 e. The van der Waals surface area contributed by atoms with Crippen LogP contribution in [0.5, 0.6) is 5.75 Å². The second kappa shape index (κ2) is 14.4. The topological polar surface area (TPSA) is 62.7 Å². The minimum atomic E-state index is -0.906. The Kier molecular flexibility index (Phi) is 12.7. The number of hydrogen-bond acceptors (Lipinski definition) is 3. The highest BCUT2D eigenvalue weighted by Crippen LogP contribution is 2.18. The molecule has 0 heterocycles. The summed E-state index contributed by atoms with van der Waals surface area (Å²) in [5, 5.41) is 6.63. The fourth-order valence-electron chi connectivity index (χ4n) is 2.71. The average Bonchev–Trinajstić information content (AvgIpc) is 2.72. The Bertz CT molecular complexity index is 783. The van der Waals surface area contributed by atoms with E-state index in [0.29, 0.717) is 29.9 Å². The number of benzene rings is 2. The van der Waals surface area contributed by atoms with E-state index in [4.69, 9.17) is 4.74 Å². The molecule has 0 bridgehead atoms. The largest absolute Gasteiger partial charge is 0.493 e. The van der Waals surface area contributed by atoms with E-state index in [-0.39, 0.29) is 30.0 Å². The van der Waals surface area contributed by atoms with Crippen molar-refractivity contribution in [1.29, 1.82) is 0 Å². The molecule has 0 aliphatic rings. The molecule has 2 N–H and O–H groups in total. The van der Waals surface area contributed by atoms with Crippen LogP contribution in [-0.2, 0) is 16.6 Å². The first-order chi connectivity index (χ1) is 14.0. The molecule has 2 aromatic carbocycles. The molecule has 7 heteroatoms. The van der Waals surface area contributed by atoms with Crippen LogP contribution in [0.4, 0.5) is 0 Å². The van der Waals surface area contributed by atoms with Crippen LogP contribution in [-0.4, -0.2) is 36.1 Å². The second-order valence-corrected chi connectivity index (χ2v) is 8.99. The minimum Gasteiger partial charge on any atom is -0.493 e. The number of rotatable bonds is 10. The highest BCUT2D eigenvalue weighted by molar-refractivity contribution is 14.0. The van der Waals surface area contributed by atoms with Gasteiger partial charge in [0, 0.05) is 35.9 Å². The van der Waals surface area contributed by atoms with Gasteiger partial charge >= 0.3 is 0 Å². The first-order valence-corrected chi connectivity index (χ1v) is 11.6. The van der Waals surface area contributed by atoms with Crippen LogP contribution in [0.2, 0.25) is 0 Å². The average molecular weight is 544 g/mol. The Morgan fingerprint density at radius 3 is 2.33 bits per heavy atom. The molecule has 0 saturated heterocycles. The fraction of sp³-hybridized carbons (Fsp3) is 0.435. The Labute approximate surface area is 200 Å². The van der Waals surface area contributed by atoms with E-state index in [1.165, 1.54) is 0 Å². The lowest BCUT2D eigenvalue weighted by Crippen LogP contribution is -2.40. The summed E-state index contributed by atoms with van der Waals surface area (Å²) in [6, 6.07) is 18.1. The van der Waals surface area contributed by atoms with Crippen LogP contribution in [0.3, 0.4) is 0 Å². The summed E-state index contributed by atoms with van der Waals surface area (Å²) in [6.45, 7) is 7.68. The SMILES string of the molecule is CN=C(NCCS(=O)Cc1ccccc1)NC(C)c1ccc(OCC(C)C)cc1.I. The first-order valence-electron chi connectivity index (χ1n) is 10.1. The summed E-state index contributed by atoms with van der Waals surface area (Å²) in [4.78, 5) is 4.27. The van der Waals surface area contributed by atoms with Crippen molar-refractivity contribution in [3.63, 3.8) is 0 Å². The zero-order valence-corrected chi connectivity index (χ0v) is 21.4. The number of nitrogens with one attached hydrogen (secondary N) is 2. The Morgan fingerprint density at radius 2 is 1.73 bits per heavy atom. The third kappa shape index (κ3) is 9.93. The quantitative estimate of drug-likeness (QED) is 0.263. The van der Waals surface area contributed by atoms with Gasteiger partial charge in [-0.25, -0.2) is 0 Å². The monoisotopic (exact) mass is 543 g/mol. The van der Waals surface area contributed by atoms with Crippen molar-refractivity contribution in [1.82, 2.24) is 10.6 Å². The van der Waals surface area contributed by atoms with Gasteiger partial charge in [0.2, 0.25) is 0 Å². The van der Waals surface area contributed by atoms with Crippen LogP contribution < -0.4 is 15.4 Å². The van der Waals surface area contributed by atoms with E-state index in [9.17, 15) is 4.21 Å². The van der Waals surface area contributed by atoms with Crippen molar-refractivity contribution in [2.75, 3.05) is 26.0 Å². The summed E-state index contributed by atoms with van der Waals surface area (Å²) in [5.41, 5.74) is 2.25. The van der Waals surface area contributed by atoms with Crippen LogP contribution >= 0.6 is 24.0 Å². The molecule has 0 amide bonds. The van der Waals surface area contributed by atoms with E-state index in [1.807, 2.05) is 42.5 Å². The summed E-state index contributed by atoms with van der Waals surface area (Å²) in [6.07, 6.45) is 0. The maximum absolute atomic E-state index is 12.3. The van der Waals surface area contributed by atoms with Crippen molar-refractivity contribution in [3.05, 3.63) is 65.7 Å². The van der Waals surface area contributed by atoms with Crippen molar-refractivity contribution in [3.8, 4) is 5.75 Å². The molecule has 2 rings (SSSR count). The zero-order valence-electron chi connectivity index (χ0n) is 18.3. The molecule has 2 aromatic rings. The molecule has 2 unspecified atom stereocenters. The number of halogens is 1. The highest BCUT2D eigenvalue weighted by Gasteiger charge is 2.09. The lowest BCUT2D eigenvalue weighted by Gasteiger charge is -2.19. The number of guanidine groups is 1. The van der Waals surface area contributed by atoms with E-state index < -0.39 is 10.8 Å². The fourth-order valence-corrected chi connectivity index (χ4v) is 3.75. The third-order valence-corrected chi connectivity index (χ3v) is 5.65. The second-order valence-electron chi connectivity index (χ2n) is 7.41. The van der Waals surface area contributed by atoms with Crippen LogP contribution in [0.25, 0.3) is 0 Å². The van der Waals surface area contributed by atoms with Crippen molar-refractivity contribution >= 4 is 40.7 Å². The molecular weight excluding hydrogens is 509 g/mol. The molecule has 0 spiro atoms. The summed E-state index contributed by atoms with van der Waals surface area (Å²) < 4.78 is 18.0. The summed E-state index contributed by atoms with van der Waals surface area (Å²) in [7, 11) is 0.836. The molecule has 0 aliphatic carbocycles. The maximum Gasteiger partial charge on any atom is 0.191 e. The molecule has 0 radical (unpaired) electrons. The molecule has 2 atom stereocenters. The normalized spacial score (nSPS) is 13.3. The zero-order chi connectivity index (χ0) is 21.1. The van der Waals surface area contributed by atoms with E-state index >= 15 is 0 Å². The van der Waals surface area contributed by atoms with Gasteiger partial charge in [-0.05, 0) is 36.1 Å². The van der Waals surface area contributed by atoms with Gasteiger partial charge in [0.1, 0.15) is 5.75 Å². The van der Waals surface area contributed by atoms with Gasteiger partial charge in [0.25, 0.3) is 0 Å². The first kappa shape index (κ1) is 26.4. The molecule has 0 aromatic heterocycles. The van der Waals surface area contributed by atoms with Crippen molar-refractivity contribution in [2.45, 2.75) is 32.6 Å². The van der Waals surface area contributed by atoms with E-state index in [1.54, 1.807) is 7.05 Å². The predicted octanol–water partition coefficient (Wildman–Crippen LogP) is 4.51. The van der Waals surface area contributed by atoms with Gasteiger partial charge in [0.15, 0.2) is 5.96 Å². The summed E-state index contributed by atoms with van der Waals surface area (Å²) >= 11 is 0. The summed E-state index contributed by atoms with van der Waals surface area (Å²) in [5.74, 6) is 3.25. The molecule has 5 nitrogen and oxygen atoms in total. The lowest BCUT2D eigenvalue weighted by atomic mass is 10.1. The van der Waals surface area contributed by atoms with Gasteiger partial charge in [-0.3, -0.25) is 9.20 Å². The molecule has 30 heavy (non-hydrogen) atoms. The Hall–Kier alpha value is -1.61. The minimum absolute atomic E-state index is 0. The van der Waals surface area contributed by atoms with Gasteiger partial charge < -0.3 is 15.4 Å². The van der Waals surface area contributed by atoms with Crippen LogP contribution in [0, 0.1) is 5.92 Å². The lowest BCUT2D eigenvalue weighted by molar-refractivity contribution is 0.271. The van der Waals surface area contributed by atoms with Crippen LogP contribution in [0.15, 0.2) is 59.6 Å².